The maximum atomic E-state index is 11.9. The molecular weight excluding hydrogens is 326 g/mol. The van der Waals surface area contributed by atoms with Crippen molar-refractivity contribution in [2.75, 3.05) is 10.6 Å². The highest BCUT2D eigenvalue weighted by atomic mass is 35.5. The van der Waals surface area contributed by atoms with Crippen LogP contribution in [0.25, 0.3) is 5.65 Å². The molecule has 2 aromatic heterocycles. The predicted molar refractivity (Wildman–Crippen MR) is 93.1 cm³/mol. The molecule has 0 radical (unpaired) electrons. The van der Waals surface area contributed by atoms with Gasteiger partial charge in [0, 0.05) is 17.5 Å². The van der Waals surface area contributed by atoms with Crippen LogP contribution >= 0.6 is 11.6 Å². The molecule has 3 aromatic rings. The fraction of sp³-hybridized carbons (Fsp3) is 0.235. The van der Waals surface area contributed by atoms with Crippen molar-refractivity contribution < 1.29 is 4.79 Å². The Labute approximate surface area is 143 Å². The van der Waals surface area contributed by atoms with Gasteiger partial charge >= 0.3 is 0 Å². The minimum Gasteiger partial charge on any atom is -0.366 e. The molecule has 0 bridgehead atoms. The molecule has 6 nitrogen and oxygen atoms in total. The van der Waals surface area contributed by atoms with Crippen LogP contribution in [0.3, 0.4) is 0 Å². The van der Waals surface area contributed by atoms with Crippen LogP contribution in [0.4, 0.5) is 11.8 Å². The average molecular weight is 342 g/mol. The molecule has 1 aliphatic carbocycles. The van der Waals surface area contributed by atoms with Gasteiger partial charge in [0.25, 0.3) is 0 Å². The minimum absolute atomic E-state index is 0.000609. The molecular formula is C17H16ClN5O. The Bertz CT molecular complexity index is 903. The van der Waals surface area contributed by atoms with Gasteiger partial charge in [-0.05, 0) is 42.7 Å². The molecule has 0 spiro atoms. The quantitative estimate of drug-likeness (QED) is 0.746. The predicted octanol–water partition coefficient (Wildman–Crippen LogP) is 3.34. The number of hydrogen-bond donors (Lipinski definition) is 2. The first-order valence-corrected chi connectivity index (χ1v) is 8.22. The number of amides is 1. The van der Waals surface area contributed by atoms with Crippen molar-refractivity contribution in [3.8, 4) is 0 Å². The van der Waals surface area contributed by atoms with Crippen LogP contribution in [0.5, 0.6) is 0 Å². The van der Waals surface area contributed by atoms with E-state index in [4.69, 9.17) is 11.6 Å². The highest BCUT2D eigenvalue weighted by Gasteiger charge is 2.30. The second kappa shape index (κ2) is 6.13. The van der Waals surface area contributed by atoms with Gasteiger partial charge < -0.3 is 5.32 Å². The van der Waals surface area contributed by atoms with Gasteiger partial charge in [0.1, 0.15) is 5.82 Å². The largest absolute Gasteiger partial charge is 0.366 e. The van der Waals surface area contributed by atoms with Crippen molar-refractivity contribution >= 4 is 34.9 Å². The summed E-state index contributed by atoms with van der Waals surface area (Å²) in [4.78, 5) is 16.2. The SMILES string of the molecule is O=C(Nc1nc2cccc(NCc3cccc(Cl)c3)n2n1)C1CC1. The average Bonchev–Trinajstić information content (AvgIpc) is 3.33. The summed E-state index contributed by atoms with van der Waals surface area (Å²) in [5.41, 5.74) is 1.75. The molecule has 0 unspecified atom stereocenters. The van der Waals surface area contributed by atoms with Crippen LogP contribution in [0, 0.1) is 5.92 Å². The van der Waals surface area contributed by atoms with E-state index in [0.717, 1.165) is 24.2 Å². The number of carbonyl (C=O) groups is 1. The van der Waals surface area contributed by atoms with Gasteiger partial charge in [0.2, 0.25) is 11.9 Å². The number of hydrogen-bond acceptors (Lipinski definition) is 4. The number of halogens is 1. The van der Waals surface area contributed by atoms with E-state index in [-0.39, 0.29) is 11.8 Å². The summed E-state index contributed by atoms with van der Waals surface area (Å²) in [6.07, 6.45) is 1.90. The van der Waals surface area contributed by atoms with Gasteiger partial charge in [-0.15, -0.1) is 5.10 Å². The lowest BCUT2D eigenvalue weighted by Crippen LogP contribution is -2.14. The summed E-state index contributed by atoms with van der Waals surface area (Å²) in [5.74, 6) is 1.26. The number of carbonyl (C=O) groups excluding carboxylic acids is 1. The maximum Gasteiger partial charge on any atom is 0.249 e. The lowest BCUT2D eigenvalue weighted by atomic mass is 10.2. The molecule has 4 rings (SSSR count). The molecule has 122 valence electrons. The van der Waals surface area contributed by atoms with E-state index < -0.39 is 0 Å². The summed E-state index contributed by atoms with van der Waals surface area (Å²) < 4.78 is 1.69. The Morgan fingerprint density at radius 2 is 2.08 bits per heavy atom. The second-order valence-corrected chi connectivity index (χ2v) is 6.30. The van der Waals surface area contributed by atoms with Crippen molar-refractivity contribution in [1.29, 1.82) is 0 Å². The van der Waals surface area contributed by atoms with Crippen molar-refractivity contribution in [2.45, 2.75) is 19.4 Å². The molecule has 0 saturated heterocycles. The van der Waals surface area contributed by atoms with Crippen LogP contribution in [0.15, 0.2) is 42.5 Å². The standard InChI is InChI=1S/C17H16ClN5O/c18-13-4-1-3-11(9-13)10-19-14-5-2-6-15-20-17(22-23(14)15)21-16(24)12-7-8-12/h1-6,9,12,19H,7-8,10H2,(H,21,22,24). The Balaban J connectivity index is 1.54. The minimum atomic E-state index is -0.000609. The lowest BCUT2D eigenvalue weighted by Gasteiger charge is -2.08. The lowest BCUT2D eigenvalue weighted by molar-refractivity contribution is -0.117. The Kier molecular flexibility index (Phi) is 3.82. The second-order valence-electron chi connectivity index (χ2n) is 5.86. The number of rotatable bonds is 5. The monoisotopic (exact) mass is 341 g/mol. The van der Waals surface area contributed by atoms with E-state index in [2.05, 4.69) is 20.7 Å². The van der Waals surface area contributed by atoms with Gasteiger partial charge in [-0.3, -0.25) is 10.1 Å². The zero-order valence-electron chi connectivity index (χ0n) is 12.9. The van der Waals surface area contributed by atoms with E-state index in [1.54, 1.807) is 4.52 Å². The van der Waals surface area contributed by atoms with Crippen LogP contribution in [-0.2, 0) is 11.3 Å². The third kappa shape index (κ3) is 3.19. The number of fused-ring (bicyclic) bond motifs is 1. The van der Waals surface area contributed by atoms with Crippen LogP contribution in [-0.4, -0.2) is 20.5 Å². The van der Waals surface area contributed by atoms with E-state index >= 15 is 0 Å². The number of aromatic nitrogens is 3. The zero-order chi connectivity index (χ0) is 16.5. The fourth-order valence-electron chi connectivity index (χ4n) is 2.49. The maximum absolute atomic E-state index is 11.9. The highest BCUT2D eigenvalue weighted by Crippen LogP contribution is 2.29. The van der Waals surface area contributed by atoms with Crippen LogP contribution in [0.2, 0.25) is 5.02 Å². The smallest absolute Gasteiger partial charge is 0.249 e. The van der Waals surface area contributed by atoms with E-state index in [0.29, 0.717) is 23.2 Å². The summed E-state index contributed by atoms with van der Waals surface area (Å²) in [7, 11) is 0. The number of pyridine rings is 1. The molecule has 1 saturated carbocycles. The fourth-order valence-corrected chi connectivity index (χ4v) is 2.70. The molecule has 1 fully saturated rings. The summed E-state index contributed by atoms with van der Waals surface area (Å²) >= 11 is 6.01. The zero-order valence-corrected chi connectivity index (χ0v) is 13.6. The van der Waals surface area contributed by atoms with E-state index in [1.807, 2.05) is 42.5 Å². The molecule has 2 N–H and O–H groups in total. The topological polar surface area (TPSA) is 71.3 Å². The summed E-state index contributed by atoms with van der Waals surface area (Å²) in [5, 5.41) is 11.2. The molecule has 1 aromatic carbocycles. The van der Waals surface area contributed by atoms with Crippen LogP contribution in [0.1, 0.15) is 18.4 Å². The number of anilines is 2. The molecule has 2 heterocycles. The van der Waals surface area contributed by atoms with E-state index in [9.17, 15) is 4.79 Å². The van der Waals surface area contributed by atoms with Crippen molar-refractivity contribution in [3.05, 3.63) is 53.1 Å². The molecule has 0 aliphatic heterocycles. The summed E-state index contributed by atoms with van der Waals surface area (Å²) in [6.45, 7) is 0.614. The van der Waals surface area contributed by atoms with Crippen molar-refractivity contribution in [3.63, 3.8) is 0 Å². The van der Waals surface area contributed by atoms with Crippen molar-refractivity contribution in [1.82, 2.24) is 14.6 Å². The first kappa shape index (κ1) is 15.0. The van der Waals surface area contributed by atoms with Gasteiger partial charge in [-0.1, -0.05) is 29.8 Å². The Morgan fingerprint density at radius 1 is 1.25 bits per heavy atom. The number of nitrogens with zero attached hydrogens (tertiary/aromatic N) is 3. The van der Waals surface area contributed by atoms with Crippen molar-refractivity contribution in [2.24, 2.45) is 5.92 Å². The first-order chi connectivity index (χ1) is 11.7. The molecule has 1 amide bonds. The number of benzene rings is 1. The first-order valence-electron chi connectivity index (χ1n) is 7.84. The van der Waals surface area contributed by atoms with Gasteiger partial charge in [-0.2, -0.15) is 9.50 Å². The summed E-state index contributed by atoms with van der Waals surface area (Å²) in [6, 6.07) is 13.3. The van der Waals surface area contributed by atoms with Crippen LogP contribution < -0.4 is 10.6 Å². The molecule has 7 heteroatoms. The normalized spacial score (nSPS) is 13.9. The molecule has 24 heavy (non-hydrogen) atoms. The van der Waals surface area contributed by atoms with Gasteiger partial charge in [0.15, 0.2) is 5.65 Å². The van der Waals surface area contributed by atoms with Gasteiger partial charge in [0.05, 0.1) is 0 Å². The van der Waals surface area contributed by atoms with Gasteiger partial charge in [-0.25, -0.2) is 0 Å². The third-order valence-electron chi connectivity index (χ3n) is 3.91. The third-order valence-corrected chi connectivity index (χ3v) is 4.14. The molecule has 1 aliphatic rings. The number of nitrogens with one attached hydrogen (secondary N) is 2. The Hall–Kier alpha value is -2.60. The van der Waals surface area contributed by atoms with E-state index in [1.165, 1.54) is 0 Å². The highest BCUT2D eigenvalue weighted by molar-refractivity contribution is 6.30. The Morgan fingerprint density at radius 3 is 2.88 bits per heavy atom. The molecule has 0 atom stereocenters.